The topological polar surface area (TPSA) is 36.9 Å². The number of ether oxygens (including phenoxy) is 1. The zero-order chi connectivity index (χ0) is 25.6. The van der Waals surface area contributed by atoms with E-state index in [-0.39, 0.29) is 39.5 Å². The van der Waals surface area contributed by atoms with E-state index in [2.05, 4.69) is 109 Å². The van der Waals surface area contributed by atoms with Crippen LogP contribution < -0.4 is 0 Å². The van der Waals surface area contributed by atoms with Crippen LogP contribution in [0.2, 0.25) is 54.4 Å². The van der Waals surface area contributed by atoms with Gasteiger partial charge in [-0.25, -0.2) is 0 Å². The third kappa shape index (κ3) is 7.49. The van der Waals surface area contributed by atoms with Gasteiger partial charge < -0.3 is 18.0 Å². The van der Waals surface area contributed by atoms with E-state index < -0.39 is 25.0 Å². The lowest BCUT2D eigenvalue weighted by atomic mass is 9.99. The van der Waals surface area contributed by atoms with E-state index in [0.717, 1.165) is 6.42 Å². The molecule has 0 spiro atoms. The first-order chi connectivity index (χ1) is 13.9. The number of rotatable bonds is 7. The third-order valence-electron chi connectivity index (χ3n) is 8.61. The zero-order valence-electron chi connectivity index (χ0n) is 24.4. The van der Waals surface area contributed by atoms with Gasteiger partial charge in [-0.3, -0.25) is 0 Å². The van der Waals surface area contributed by atoms with Crippen molar-refractivity contribution in [3.8, 4) is 0 Å². The van der Waals surface area contributed by atoms with E-state index in [4.69, 9.17) is 18.0 Å². The zero-order valence-corrected chi connectivity index (χ0v) is 27.4. The van der Waals surface area contributed by atoms with Crippen molar-refractivity contribution in [2.45, 2.75) is 154 Å². The van der Waals surface area contributed by atoms with Gasteiger partial charge in [0.1, 0.15) is 6.10 Å². The van der Waals surface area contributed by atoms with E-state index in [1.54, 1.807) is 0 Å². The van der Waals surface area contributed by atoms with Crippen LogP contribution in [-0.2, 0) is 18.0 Å². The molecule has 0 saturated carbocycles. The highest BCUT2D eigenvalue weighted by Crippen LogP contribution is 2.43. The second-order valence-electron chi connectivity index (χ2n) is 14.6. The van der Waals surface area contributed by atoms with Crippen molar-refractivity contribution in [2.75, 3.05) is 6.61 Å². The Bertz CT molecular complexity index is 612. The molecule has 1 fully saturated rings. The summed E-state index contributed by atoms with van der Waals surface area (Å²) in [5, 5.41) is 0.450. The van der Waals surface area contributed by atoms with Crippen LogP contribution in [0.4, 0.5) is 0 Å². The van der Waals surface area contributed by atoms with Crippen LogP contribution in [0.25, 0.3) is 0 Å². The molecule has 0 aromatic heterocycles. The predicted molar refractivity (Wildman–Crippen MR) is 146 cm³/mol. The monoisotopic (exact) mass is 504 g/mol. The van der Waals surface area contributed by atoms with Crippen LogP contribution in [-0.4, -0.2) is 56.0 Å². The van der Waals surface area contributed by atoms with Crippen molar-refractivity contribution in [3.63, 3.8) is 0 Å². The van der Waals surface area contributed by atoms with E-state index in [1.165, 1.54) is 0 Å². The first kappa shape index (κ1) is 30.5. The van der Waals surface area contributed by atoms with Crippen molar-refractivity contribution in [3.05, 3.63) is 0 Å². The van der Waals surface area contributed by atoms with Crippen molar-refractivity contribution in [1.82, 2.24) is 0 Å². The molecule has 0 amide bonds. The Labute approximate surface area is 203 Å². The van der Waals surface area contributed by atoms with Gasteiger partial charge in [-0.1, -0.05) is 62.3 Å². The van der Waals surface area contributed by atoms with Crippen molar-refractivity contribution >= 4 is 25.0 Å². The Kier molecular flexibility index (Phi) is 9.40. The number of hydrogen-bond acceptors (Lipinski definition) is 4. The molecule has 1 aliphatic heterocycles. The Hall–Kier alpha value is 0.491. The molecule has 192 valence electrons. The van der Waals surface area contributed by atoms with Gasteiger partial charge >= 0.3 is 0 Å². The summed E-state index contributed by atoms with van der Waals surface area (Å²) in [6.45, 7) is 37.4. The summed E-state index contributed by atoms with van der Waals surface area (Å²) in [5.41, 5.74) is 0. The smallest absolute Gasteiger partial charge is 0.192 e. The lowest BCUT2D eigenvalue weighted by molar-refractivity contribution is -0.164. The van der Waals surface area contributed by atoms with Gasteiger partial charge in [0.2, 0.25) is 0 Å². The van der Waals surface area contributed by atoms with Gasteiger partial charge in [0.15, 0.2) is 25.0 Å². The summed E-state index contributed by atoms with van der Waals surface area (Å²) in [6.07, 6.45) is 0.865. The summed E-state index contributed by atoms with van der Waals surface area (Å²) in [4.78, 5) is 0. The van der Waals surface area contributed by atoms with Gasteiger partial charge in [-0.05, 0) is 61.3 Å². The molecule has 0 aromatic carbocycles. The third-order valence-corrected chi connectivity index (χ3v) is 22.1. The first-order valence-electron chi connectivity index (χ1n) is 12.6. The Balaban J connectivity index is 3.29. The van der Waals surface area contributed by atoms with Crippen LogP contribution in [0.1, 0.15) is 75.7 Å². The summed E-state index contributed by atoms with van der Waals surface area (Å²) in [6, 6.07) is 0. The van der Waals surface area contributed by atoms with Crippen molar-refractivity contribution < 1.29 is 18.0 Å². The normalized spacial score (nSPS) is 27.0. The van der Waals surface area contributed by atoms with E-state index in [0.29, 0.717) is 6.61 Å². The molecule has 32 heavy (non-hydrogen) atoms. The van der Waals surface area contributed by atoms with E-state index in [9.17, 15) is 0 Å². The van der Waals surface area contributed by atoms with Crippen LogP contribution in [0.5, 0.6) is 0 Å². The number of hydrogen-bond donors (Lipinski definition) is 0. The molecule has 1 rings (SSSR count). The highest BCUT2D eigenvalue weighted by Gasteiger charge is 2.50. The van der Waals surface area contributed by atoms with Gasteiger partial charge in [0.25, 0.3) is 0 Å². The second kappa shape index (κ2) is 9.86. The SMILES string of the molecule is CC1CC(O[Si](C)(C)C(C)(C)C)C(O[Si](C)(C)C(C)(C)C)C(CO[Si](C)(C)C(C)(C)C)O1. The molecule has 0 aromatic rings. The maximum atomic E-state index is 7.07. The molecule has 1 aliphatic rings. The van der Waals surface area contributed by atoms with E-state index >= 15 is 0 Å². The molecule has 4 unspecified atom stereocenters. The largest absolute Gasteiger partial charge is 0.414 e. The van der Waals surface area contributed by atoms with Gasteiger partial charge in [-0.2, -0.15) is 0 Å². The summed E-state index contributed by atoms with van der Waals surface area (Å²) in [7, 11) is -5.87. The minimum atomic E-state index is -2.02. The molecule has 4 atom stereocenters. The van der Waals surface area contributed by atoms with Gasteiger partial charge in [0, 0.05) is 6.42 Å². The predicted octanol–water partition coefficient (Wildman–Crippen LogP) is 7.97. The van der Waals surface area contributed by atoms with Crippen molar-refractivity contribution in [1.29, 1.82) is 0 Å². The van der Waals surface area contributed by atoms with Crippen LogP contribution in [0, 0.1) is 0 Å². The fourth-order valence-corrected chi connectivity index (χ4v) is 6.80. The molecule has 4 nitrogen and oxygen atoms in total. The molecular weight excluding hydrogens is 449 g/mol. The summed E-state index contributed by atoms with van der Waals surface area (Å²) < 4.78 is 27.3. The van der Waals surface area contributed by atoms with Crippen LogP contribution >= 0.6 is 0 Å². The maximum absolute atomic E-state index is 7.07. The van der Waals surface area contributed by atoms with Gasteiger partial charge in [0.05, 0.1) is 24.9 Å². The summed E-state index contributed by atoms with van der Waals surface area (Å²) >= 11 is 0. The molecule has 0 aliphatic carbocycles. The molecule has 0 radical (unpaired) electrons. The van der Waals surface area contributed by atoms with Crippen molar-refractivity contribution in [2.24, 2.45) is 0 Å². The maximum Gasteiger partial charge on any atom is 0.192 e. The minimum absolute atomic E-state index is 0.0433. The average molecular weight is 505 g/mol. The Morgan fingerprint density at radius 3 is 1.50 bits per heavy atom. The minimum Gasteiger partial charge on any atom is -0.414 e. The van der Waals surface area contributed by atoms with Gasteiger partial charge in [-0.15, -0.1) is 0 Å². The fourth-order valence-electron chi connectivity index (χ4n) is 3.11. The molecule has 0 N–H and O–H groups in total. The molecule has 0 bridgehead atoms. The Morgan fingerprint density at radius 1 is 0.688 bits per heavy atom. The lowest BCUT2D eigenvalue weighted by Crippen LogP contribution is -2.60. The highest BCUT2D eigenvalue weighted by atomic mass is 28.4. The quantitative estimate of drug-likeness (QED) is 0.329. The summed E-state index contributed by atoms with van der Waals surface area (Å²) in [5.74, 6) is 0. The van der Waals surface area contributed by atoms with Crippen LogP contribution in [0.15, 0.2) is 0 Å². The molecule has 1 saturated heterocycles. The standard InChI is InChI=1S/C25H56O4Si3/c1-19-17-20(28-31(13,14)24(5,6)7)22(29-32(15,16)25(8,9)10)21(27-19)18-26-30(11,12)23(2,3)4/h19-22H,17-18H2,1-16H3. The lowest BCUT2D eigenvalue weighted by Gasteiger charge is -2.50. The second-order valence-corrected chi connectivity index (χ2v) is 28.9. The molecule has 7 heteroatoms. The highest BCUT2D eigenvalue weighted by molar-refractivity contribution is 6.75. The molecule has 1 heterocycles. The molecular formula is C25H56O4Si3. The Morgan fingerprint density at radius 2 is 1.09 bits per heavy atom. The fraction of sp³-hybridized carbons (Fsp3) is 1.00. The van der Waals surface area contributed by atoms with Crippen LogP contribution in [0.3, 0.4) is 0 Å². The first-order valence-corrected chi connectivity index (χ1v) is 21.3. The van der Waals surface area contributed by atoms with E-state index in [1.807, 2.05) is 0 Å². The average Bonchev–Trinajstić information content (AvgIpc) is 2.52.